The van der Waals surface area contributed by atoms with E-state index in [1.165, 1.54) is 22.3 Å². The standard InChI is InChI=1S/C17H15.C9H13.C2H6Si.Zr/c1-2-13-7-9-15(10-8-13)17-12-11-14-5-3-4-6-16(14)17;1-6-5-7(2)9(4)8(6)3;1-3-2;/h3-12H,2H2,1H3;6H,1-4H3;1-2H3;. The molecular formula is C28H34SiZr. The Morgan fingerprint density at radius 2 is 1.57 bits per heavy atom. The van der Waals surface area contributed by atoms with Gasteiger partial charge in [0.15, 0.2) is 0 Å². The molecule has 0 saturated carbocycles. The molecule has 0 spiro atoms. The molecule has 0 saturated heterocycles. The van der Waals surface area contributed by atoms with E-state index >= 15 is 0 Å². The molecule has 0 aromatic heterocycles. The van der Waals surface area contributed by atoms with E-state index in [0.717, 1.165) is 6.42 Å². The van der Waals surface area contributed by atoms with Crippen LogP contribution in [0, 0.1) is 5.92 Å². The molecule has 2 aliphatic carbocycles. The van der Waals surface area contributed by atoms with Gasteiger partial charge in [0.05, 0.1) is 0 Å². The van der Waals surface area contributed by atoms with Crippen LogP contribution in [0.3, 0.4) is 0 Å². The minimum atomic E-state index is -1.90. The molecule has 0 nitrogen and oxygen atoms in total. The van der Waals surface area contributed by atoms with E-state index in [9.17, 15) is 0 Å². The molecule has 0 fully saturated rings. The Morgan fingerprint density at radius 3 is 2.13 bits per heavy atom. The van der Waals surface area contributed by atoms with Crippen molar-refractivity contribution in [3.63, 3.8) is 0 Å². The molecule has 0 amide bonds. The number of hydrogen-bond acceptors (Lipinski definition) is 0. The van der Waals surface area contributed by atoms with Gasteiger partial charge in [-0.05, 0) is 0 Å². The first-order chi connectivity index (χ1) is 14.3. The van der Waals surface area contributed by atoms with Gasteiger partial charge in [0, 0.05) is 0 Å². The van der Waals surface area contributed by atoms with Crippen molar-refractivity contribution in [3.05, 3.63) is 96.9 Å². The summed E-state index contributed by atoms with van der Waals surface area (Å²) in [5.74, 6) is 0.660. The third-order valence-corrected chi connectivity index (χ3v) is 25.9. The molecule has 2 atom stereocenters. The van der Waals surface area contributed by atoms with E-state index in [-0.39, 0.29) is 5.43 Å². The van der Waals surface area contributed by atoms with E-state index in [1.807, 2.05) is 3.28 Å². The number of benzene rings is 2. The van der Waals surface area contributed by atoms with Crippen LogP contribution >= 0.6 is 0 Å². The summed E-state index contributed by atoms with van der Waals surface area (Å²) in [6.07, 6.45) is 3.79. The second-order valence-electron chi connectivity index (χ2n) is 9.18. The second-order valence-corrected chi connectivity index (χ2v) is 26.6. The molecule has 2 aromatic rings. The van der Waals surface area contributed by atoms with E-state index in [2.05, 4.69) is 102 Å². The zero-order chi connectivity index (χ0) is 21.6. The van der Waals surface area contributed by atoms with E-state index in [0.29, 0.717) is 9.54 Å². The fourth-order valence-electron chi connectivity index (χ4n) is 5.32. The average Bonchev–Trinajstić information content (AvgIpc) is 3.22. The molecule has 154 valence electrons. The molecule has 0 heterocycles. The predicted molar refractivity (Wildman–Crippen MR) is 130 cm³/mol. The molecule has 4 rings (SSSR count). The summed E-state index contributed by atoms with van der Waals surface area (Å²) < 4.78 is 2.59. The number of allylic oxidation sites excluding steroid dienone is 5. The first-order valence-electron chi connectivity index (χ1n) is 11.3. The first kappa shape index (κ1) is 22.0. The summed E-state index contributed by atoms with van der Waals surface area (Å²) in [6, 6.07) is 18.6. The third kappa shape index (κ3) is 3.65. The molecule has 30 heavy (non-hydrogen) atoms. The summed E-state index contributed by atoms with van der Waals surface area (Å²) >= 11 is -1.90. The Balaban J connectivity index is 1.87. The van der Waals surface area contributed by atoms with Crippen LogP contribution in [0.15, 0.2) is 74.6 Å². The zero-order valence-corrected chi connectivity index (χ0v) is 23.0. The van der Waals surface area contributed by atoms with Crippen molar-refractivity contribution in [2.24, 2.45) is 5.92 Å². The molecule has 0 aliphatic heterocycles. The van der Waals surface area contributed by atoms with Crippen molar-refractivity contribution >= 4 is 11.0 Å². The summed E-state index contributed by atoms with van der Waals surface area (Å²) in [5.41, 5.74) is 11.9. The van der Waals surface area contributed by atoms with Crippen molar-refractivity contribution in [2.45, 2.75) is 57.8 Å². The Labute approximate surface area is 191 Å². The Bertz CT molecular complexity index is 1120. The fourth-order valence-corrected chi connectivity index (χ4v) is 25.0. The summed E-state index contributed by atoms with van der Waals surface area (Å²) in [4.78, 5) is 0. The fraction of sp³-hybridized carbons (Fsp3) is 0.357. The van der Waals surface area contributed by atoms with Crippen LogP contribution in [0.4, 0.5) is 0 Å². The average molecular weight is 490 g/mol. The van der Waals surface area contributed by atoms with Gasteiger partial charge in [0.2, 0.25) is 0 Å². The molecule has 2 aliphatic rings. The summed E-state index contributed by atoms with van der Waals surface area (Å²) in [7, 11) is 0. The van der Waals surface area contributed by atoms with Crippen molar-refractivity contribution in [1.29, 1.82) is 0 Å². The van der Waals surface area contributed by atoms with Crippen LogP contribution in [0.5, 0.6) is 0 Å². The number of aryl methyl sites for hydroxylation is 1. The molecule has 2 aromatic carbocycles. The minimum absolute atomic E-state index is 0.339. The zero-order valence-electron chi connectivity index (χ0n) is 19.6. The van der Waals surface area contributed by atoms with Gasteiger partial charge in [-0.2, -0.15) is 0 Å². The Hall–Kier alpha value is -1.24. The third-order valence-electron chi connectivity index (χ3n) is 7.37. The topological polar surface area (TPSA) is 0 Å². The quantitative estimate of drug-likeness (QED) is 0.383. The predicted octanol–water partition coefficient (Wildman–Crippen LogP) is 7.86. The number of rotatable bonds is 4. The molecule has 2 unspecified atom stereocenters. The second kappa shape index (κ2) is 8.71. The van der Waals surface area contributed by atoms with Crippen LogP contribution in [0.25, 0.3) is 5.57 Å². The van der Waals surface area contributed by atoms with E-state index < -0.39 is 20.4 Å². The molecule has 0 radical (unpaired) electrons. The Morgan fingerprint density at radius 1 is 0.900 bits per heavy atom. The van der Waals surface area contributed by atoms with Gasteiger partial charge in [-0.15, -0.1) is 0 Å². The first-order valence-corrected chi connectivity index (χ1v) is 20.1. The molecule has 0 N–H and O–H groups in total. The van der Waals surface area contributed by atoms with Crippen molar-refractivity contribution in [3.8, 4) is 0 Å². The number of fused-ring (bicyclic) bond motifs is 1. The van der Waals surface area contributed by atoms with Crippen LogP contribution in [-0.2, 0) is 26.8 Å². The molecule has 2 heteroatoms. The van der Waals surface area contributed by atoms with Gasteiger partial charge in [0.25, 0.3) is 0 Å². The summed E-state index contributed by atoms with van der Waals surface area (Å²) in [6.45, 7) is 17.0. The normalized spacial score (nSPS) is 20.6. The van der Waals surface area contributed by atoms with Gasteiger partial charge in [0.1, 0.15) is 0 Å². The van der Waals surface area contributed by atoms with Gasteiger partial charge in [-0.25, -0.2) is 0 Å². The van der Waals surface area contributed by atoms with Crippen LogP contribution in [-0.4, -0.2) is 5.43 Å². The molecular weight excluding hydrogens is 456 g/mol. The monoisotopic (exact) mass is 488 g/mol. The van der Waals surface area contributed by atoms with Crippen molar-refractivity contribution < 1.29 is 20.4 Å². The summed E-state index contributed by atoms with van der Waals surface area (Å²) in [5, 5.41) is 0. The maximum absolute atomic E-state index is 2.69. The van der Waals surface area contributed by atoms with Crippen LogP contribution in [0.2, 0.25) is 13.1 Å². The van der Waals surface area contributed by atoms with Crippen molar-refractivity contribution in [2.75, 3.05) is 0 Å². The SMILES string of the molecule is CCc1ccc(C2=C[CH]([Zr]([C]3=C(C)C(C)=C(C)C3C)=[Si](C)C)c3ccccc32)cc1. The van der Waals surface area contributed by atoms with Crippen LogP contribution in [0.1, 0.15) is 60.5 Å². The maximum atomic E-state index is 2.69. The van der Waals surface area contributed by atoms with Crippen molar-refractivity contribution in [1.82, 2.24) is 0 Å². The molecule has 0 bridgehead atoms. The number of hydrogen-bond donors (Lipinski definition) is 0. The van der Waals surface area contributed by atoms with Gasteiger partial charge in [-0.1, -0.05) is 0 Å². The Kier molecular flexibility index (Phi) is 6.38. The van der Waals surface area contributed by atoms with E-state index in [4.69, 9.17) is 0 Å². The van der Waals surface area contributed by atoms with Gasteiger partial charge >= 0.3 is 192 Å². The van der Waals surface area contributed by atoms with Gasteiger partial charge in [-0.3, -0.25) is 0 Å². The van der Waals surface area contributed by atoms with E-state index in [1.54, 1.807) is 22.3 Å². The van der Waals surface area contributed by atoms with Crippen LogP contribution < -0.4 is 0 Å². The van der Waals surface area contributed by atoms with Gasteiger partial charge < -0.3 is 0 Å².